The molecule has 0 aromatic carbocycles. The van der Waals surface area contributed by atoms with E-state index >= 15 is 0 Å². The standard InChI is InChI=1S/C14H21N3O2/c1-3-19-11-5-4-8-17(10-11)14(18)12-9-16-7-6-13(12)15-2/h6-7,9,11H,3-5,8,10H2,1-2H3,(H,15,16). The molecule has 1 saturated heterocycles. The summed E-state index contributed by atoms with van der Waals surface area (Å²) in [5.41, 5.74) is 1.45. The molecule has 1 aliphatic heterocycles. The Morgan fingerprint density at radius 1 is 1.63 bits per heavy atom. The smallest absolute Gasteiger partial charge is 0.257 e. The van der Waals surface area contributed by atoms with E-state index in [0.29, 0.717) is 18.7 Å². The second-order valence-corrected chi connectivity index (χ2v) is 4.64. The van der Waals surface area contributed by atoms with Gasteiger partial charge in [0.1, 0.15) is 0 Å². The lowest BCUT2D eigenvalue weighted by Gasteiger charge is -2.32. The molecule has 1 aromatic heterocycles. The van der Waals surface area contributed by atoms with Crippen LogP contribution in [0.15, 0.2) is 18.5 Å². The first kappa shape index (κ1) is 13.8. The van der Waals surface area contributed by atoms with E-state index in [1.165, 1.54) is 0 Å². The molecule has 1 N–H and O–H groups in total. The number of likely N-dealkylation sites (tertiary alicyclic amines) is 1. The van der Waals surface area contributed by atoms with Gasteiger partial charge in [0.25, 0.3) is 5.91 Å². The van der Waals surface area contributed by atoms with Gasteiger partial charge in [0.2, 0.25) is 0 Å². The van der Waals surface area contributed by atoms with Crippen LogP contribution in [0, 0.1) is 0 Å². The van der Waals surface area contributed by atoms with Crippen molar-refractivity contribution in [3.63, 3.8) is 0 Å². The van der Waals surface area contributed by atoms with Gasteiger partial charge in [-0.2, -0.15) is 0 Å². The maximum atomic E-state index is 12.5. The van der Waals surface area contributed by atoms with Crippen LogP contribution < -0.4 is 5.32 Å². The van der Waals surface area contributed by atoms with Gasteiger partial charge >= 0.3 is 0 Å². The average Bonchev–Trinajstić information content (AvgIpc) is 2.47. The van der Waals surface area contributed by atoms with E-state index in [1.807, 2.05) is 24.9 Å². The highest BCUT2D eigenvalue weighted by Crippen LogP contribution is 2.19. The van der Waals surface area contributed by atoms with Crippen LogP contribution in [-0.4, -0.2) is 48.6 Å². The molecule has 1 aromatic rings. The SMILES string of the molecule is CCOC1CCCN(C(=O)c2cnccc2NC)C1. The summed E-state index contributed by atoms with van der Waals surface area (Å²) in [4.78, 5) is 18.4. The lowest BCUT2D eigenvalue weighted by atomic mass is 10.1. The minimum absolute atomic E-state index is 0.0295. The molecule has 5 nitrogen and oxygen atoms in total. The molecule has 0 spiro atoms. The van der Waals surface area contributed by atoms with Gasteiger partial charge in [-0.1, -0.05) is 0 Å². The molecule has 2 heterocycles. The van der Waals surface area contributed by atoms with Crippen LogP contribution >= 0.6 is 0 Å². The lowest BCUT2D eigenvalue weighted by Crippen LogP contribution is -2.43. The highest BCUT2D eigenvalue weighted by atomic mass is 16.5. The van der Waals surface area contributed by atoms with Crippen LogP contribution in [0.2, 0.25) is 0 Å². The van der Waals surface area contributed by atoms with Crippen LogP contribution in [0.3, 0.4) is 0 Å². The Bertz CT molecular complexity index is 434. The van der Waals surface area contributed by atoms with Crippen LogP contribution in [0.5, 0.6) is 0 Å². The highest BCUT2D eigenvalue weighted by Gasteiger charge is 2.25. The lowest BCUT2D eigenvalue weighted by molar-refractivity contribution is 0.00726. The van der Waals surface area contributed by atoms with Gasteiger partial charge in [0, 0.05) is 44.8 Å². The number of pyridine rings is 1. The minimum Gasteiger partial charge on any atom is -0.387 e. The summed E-state index contributed by atoms with van der Waals surface area (Å²) in [7, 11) is 1.81. The molecule has 1 fully saturated rings. The molecule has 0 bridgehead atoms. The zero-order valence-electron chi connectivity index (χ0n) is 11.6. The summed E-state index contributed by atoms with van der Waals surface area (Å²) in [5.74, 6) is 0.0295. The second-order valence-electron chi connectivity index (χ2n) is 4.64. The molecule has 1 atom stereocenters. The van der Waals surface area contributed by atoms with Gasteiger partial charge in [-0.3, -0.25) is 9.78 Å². The maximum Gasteiger partial charge on any atom is 0.257 e. The Kier molecular flexibility index (Phi) is 4.74. The van der Waals surface area contributed by atoms with Gasteiger partial charge < -0.3 is 15.0 Å². The van der Waals surface area contributed by atoms with Gasteiger partial charge in [-0.05, 0) is 25.8 Å². The summed E-state index contributed by atoms with van der Waals surface area (Å²) in [6, 6.07) is 1.82. The van der Waals surface area contributed by atoms with Gasteiger partial charge in [0.15, 0.2) is 0 Å². The highest BCUT2D eigenvalue weighted by molar-refractivity contribution is 5.99. The first-order chi connectivity index (χ1) is 9.26. The molecule has 0 saturated carbocycles. The molecule has 0 radical (unpaired) electrons. The molecule has 2 rings (SSSR count). The van der Waals surface area contributed by atoms with E-state index in [2.05, 4.69) is 10.3 Å². The van der Waals surface area contributed by atoms with E-state index in [-0.39, 0.29) is 12.0 Å². The number of amides is 1. The monoisotopic (exact) mass is 263 g/mol. The topological polar surface area (TPSA) is 54.5 Å². The predicted molar refractivity (Wildman–Crippen MR) is 74.3 cm³/mol. The number of rotatable bonds is 4. The molecular formula is C14H21N3O2. The molecule has 1 amide bonds. The number of carbonyl (C=O) groups is 1. The molecule has 0 aliphatic carbocycles. The number of hydrogen-bond donors (Lipinski definition) is 1. The summed E-state index contributed by atoms with van der Waals surface area (Å²) in [6.45, 7) is 4.15. The normalized spacial score (nSPS) is 19.3. The minimum atomic E-state index is 0.0295. The number of ether oxygens (including phenoxy) is 1. The number of aromatic nitrogens is 1. The van der Waals surface area contributed by atoms with Gasteiger partial charge in [0.05, 0.1) is 11.7 Å². The molecule has 19 heavy (non-hydrogen) atoms. The largest absolute Gasteiger partial charge is 0.387 e. The van der Waals surface area contributed by atoms with Crippen molar-refractivity contribution in [2.75, 3.05) is 32.1 Å². The van der Waals surface area contributed by atoms with Crippen molar-refractivity contribution in [2.45, 2.75) is 25.9 Å². The van der Waals surface area contributed by atoms with E-state index in [0.717, 1.165) is 25.1 Å². The van der Waals surface area contributed by atoms with Crippen molar-refractivity contribution < 1.29 is 9.53 Å². The summed E-state index contributed by atoms with van der Waals surface area (Å²) in [6.07, 6.45) is 5.49. The van der Waals surface area contributed by atoms with Crippen molar-refractivity contribution in [1.29, 1.82) is 0 Å². The number of hydrogen-bond acceptors (Lipinski definition) is 4. The Labute approximate surface area is 114 Å². The van der Waals surface area contributed by atoms with Crippen LogP contribution in [0.4, 0.5) is 5.69 Å². The third-order valence-corrected chi connectivity index (χ3v) is 3.39. The molecule has 5 heteroatoms. The number of nitrogens with zero attached hydrogens (tertiary/aromatic N) is 2. The Morgan fingerprint density at radius 3 is 3.21 bits per heavy atom. The van der Waals surface area contributed by atoms with Gasteiger partial charge in [-0.15, -0.1) is 0 Å². The van der Waals surface area contributed by atoms with Crippen LogP contribution in [0.1, 0.15) is 30.1 Å². The average molecular weight is 263 g/mol. The summed E-state index contributed by atoms with van der Waals surface area (Å²) >= 11 is 0. The van der Waals surface area contributed by atoms with Crippen LogP contribution in [-0.2, 0) is 4.74 Å². The second kappa shape index (κ2) is 6.52. The zero-order valence-corrected chi connectivity index (χ0v) is 11.6. The number of nitrogens with one attached hydrogen (secondary N) is 1. The Hall–Kier alpha value is -1.62. The van der Waals surface area contributed by atoms with Gasteiger partial charge in [-0.25, -0.2) is 0 Å². The molecule has 104 valence electrons. The first-order valence-electron chi connectivity index (χ1n) is 6.79. The quantitative estimate of drug-likeness (QED) is 0.899. The number of piperidine rings is 1. The fourth-order valence-corrected chi connectivity index (χ4v) is 2.45. The Balaban J connectivity index is 2.10. The fourth-order valence-electron chi connectivity index (χ4n) is 2.45. The van der Waals surface area contributed by atoms with E-state index < -0.39 is 0 Å². The zero-order chi connectivity index (χ0) is 13.7. The predicted octanol–water partition coefficient (Wildman–Crippen LogP) is 1.76. The van der Waals surface area contributed by atoms with Crippen molar-refractivity contribution in [2.24, 2.45) is 0 Å². The van der Waals surface area contributed by atoms with E-state index in [9.17, 15) is 4.79 Å². The maximum absolute atomic E-state index is 12.5. The van der Waals surface area contributed by atoms with E-state index in [1.54, 1.807) is 12.4 Å². The fraction of sp³-hybridized carbons (Fsp3) is 0.571. The van der Waals surface area contributed by atoms with Crippen LogP contribution in [0.25, 0.3) is 0 Å². The molecular weight excluding hydrogens is 242 g/mol. The van der Waals surface area contributed by atoms with E-state index in [4.69, 9.17) is 4.74 Å². The summed E-state index contributed by atoms with van der Waals surface area (Å²) < 4.78 is 5.63. The van der Waals surface area contributed by atoms with Crippen molar-refractivity contribution in [1.82, 2.24) is 9.88 Å². The third kappa shape index (κ3) is 3.23. The third-order valence-electron chi connectivity index (χ3n) is 3.39. The van der Waals surface area contributed by atoms with Crippen molar-refractivity contribution >= 4 is 11.6 Å². The number of anilines is 1. The molecule has 1 aliphatic rings. The number of carbonyl (C=O) groups excluding carboxylic acids is 1. The van der Waals surface area contributed by atoms with Crippen molar-refractivity contribution in [3.8, 4) is 0 Å². The summed E-state index contributed by atoms with van der Waals surface area (Å²) in [5, 5.41) is 3.03. The Morgan fingerprint density at radius 2 is 2.47 bits per heavy atom. The van der Waals surface area contributed by atoms with Crippen molar-refractivity contribution in [3.05, 3.63) is 24.0 Å². The molecule has 1 unspecified atom stereocenters. The first-order valence-corrected chi connectivity index (χ1v) is 6.79.